The van der Waals surface area contributed by atoms with Crippen molar-refractivity contribution < 1.29 is 9.47 Å². The van der Waals surface area contributed by atoms with Gasteiger partial charge in [0, 0.05) is 23.9 Å². The van der Waals surface area contributed by atoms with Gasteiger partial charge in [-0.1, -0.05) is 0 Å². The van der Waals surface area contributed by atoms with Gasteiger partial charge in [-0.15, -0.1) is 0 Å². The third-order valence-corrected chi connectivity index (χ3v) is 3.19. The van der Waals surface area contributed by atoms with Crippen LogP contribution in [0.5, 0.6) is 11.5 Å². The Morgan fingerprint density at radius 2 is 1.70 bits per heavy atom. The number of benzene rings is 2. The van der Waals surface area contributed by atoms with Crippen molar-refractivity contribution in [3.05, 3.63) is 42.7 Å². The molecule has 1 aromatic heterocycles. The Kier molecular flexibility index (Phi) is 2.95. The summed E-state index contributed by atoms with van der Waals surface area (Å²) in [5.41, 5.74) is 9.23. The van der Waals surface area contributed by atoms with Gasteiger partial charge in [-0.25, -0.2) is 4.98 Å². The Bertz CT molecular complexity index is 743. The van der Waals surface area contributed by atoms with Crippen molar-refractivity contribution >= 4 is 16.7 Å². The fraction of sp³-hybridized carbons (Fsp3) is 0.133. The molecule has 102 valence electrons. The number of imidazole rings is 1. The van der Waals surface area contributed by atoms with Gasteiger partial charge in [0.15, 0.2) is 0 Å². The minimum Gasteiger partial charge on any atom is -0.497 e. The average molecular weight is 269 g/mol. The predicted molar refractivity (Wildman–Crippen MR) is 78.6 cm³/mol. The summed E-state index contributed by atoms with van der Waals surface area (Å²) < 4.78 is 12.6. The number of hydrogen-bond acceptors (Lipinski definition) is 4. The summed E-state index contributed by atoms with van der Waals surface area (Å²) in [5.74, 6) is 1.47. The lowest BCUT2D eigenvalue weighted by atomic mass is 10.2. The molecule has 0 aliphatic heterocycles. The zero-order chi connectivity index (χ0) is 14.1. The molecule has 3 aromatic rings. The summed E-state index contributed by atoms with van der Waals surface area (Å²) in [6.07, 6.45) is 1.76. The van der Waals surface area contributed by atoms with E-state index in [9.17, 15) is 0 Å². The van der Waals surface area contributed by atoms with Gasteiger partial charge in [0.05, 0.1) is 30.9 Å². The first kappa shape index (κ1) is 12.3. The molecule has 0 bridgehead atoms. The third-order valence-electron chi connectivity index (χ3n) is 3.19. The Morgan fingerprint density at radius 1 is 1.00 bits per heavy atom. The van der Waals surface area contributed by atoms with Crippen molar-refractivity contribution in [2.24, 2.45) is 0 Å². The van der Waals surface area contributed by atoms with Gasteiger partial charge in [0.2, 0.25) is 0 Å². The van der Waals surface area contributed by atoms with Crippen LogP contribution in [0.1, 0.15) is 0 Å². The maximum Gasteiger partial charge on any atom is 0.124 e. The van der Waals surface area contributed by atoms with Crippen LogP contribution in [0.2, 0.25) is 0 Å². The summed E-state index contributed by atoms with van der Waals surface area (Å²) >= 11 is 0. The van der Waals surface area contributed by atoms with Crippen LogP contribution < -0.4 is 15.2 Å². The highest BCUT2D eigenvalue weighted by atomic mass is 16.5. The van der Waals surface area contributed by atoms with Gasteiger partial charge in [-0.2, -0.15) is 0 Å². The van der Waals surface area contributed by atoms with Crippen LogP contribution in [0, 0.1) is 0 Å². The van der Waals surface area contributed by atoms with Crippen molar-refractivity contribution in [1.82, 2.24) is 9.55 Å². The smallest absolute Gasteiger partial charge is 0.124 e. The number of nitrogens with two attached hydrogens (primary N) is 1. The number of nitrogen functional groups attached to an aromatic ring is 1. The maximum absolute atomic E-state index is 5.77. The van der Waals surface area contributed by atoms with Gasteiger partial charge in [-0.05, 0) is 18.2 Å². The molecule has 0 amide bonds. The fourth-order valence-electron chi connectivity index (χ4n) is 2.17. The second-order valence-corrected chi connectivity index (χ2v) is 4.43. The topological polar surface area (TPSA) is 62.3 Å². The highest BCUT2D eigenvalue weighted by molar-refractivity contribution is 5.80. The molecule has 0 atom stereocenters. The van der Waals surface area contributed by atoms with E-state index < -0.39 is 0 Å². The molecule has 0 fully saturated rings. The monoisotopic (exact) mass is 269 g/mol. The van der Waals surface area contributed by atoms with Crippen LogP contribution >= 0.6 is 0 Å². The Hall–Kier alpha value is -2.69. The van der Waals surface area contributed by atoms with Crippen molar-refractivity contribution in [3.63, 3.8) is 0 Å². The van der Waals surface area contributed by atoms with Crippen LogP contribution in [-0.4, -0.2) is 23.8 Å². The van der Waals surface area contributed by atoms with E-state index in [1.807, 2.05) is 41.0 Å². The molecule has 3 rings (SSSR count). The SMILES string of the molecule is COc1cc(OC)cc(-n2cnc3cc(N)ccc32)c1. The molecule has 5 nitrogen and oxygen atoms in total. The number of hydrogen-bond donors (Lipinski definition) is 1. The quantitative estimate of drug-likeness (QED) is 0.742. The number of aromatic nitrogens is 2. The van der Waals surface area contributed by atoms with Gasteiger partial charge in [0.1, 0.15) is 17.8 Å². The predicted octanol–water partition coefficient (Wildman–Crippen LogP) is 2.62. The molecule has 20 heavy (non-hydrogen) atoms. The molecule has 0 saturated carbocycles. The van der Waals surface area contributed by atoms with E-state index in [-0.39, 0.29) is 0 Å². The van der Waals surface area contributed by atoms with Gasteiger partial charge in [0.25, 0.3) is 0 Å². The second kappa shape index (κ2) is 4.77. The highest BCUT2D eigenvalue weighted by Gasteiger charge is 2.08. The largest absolute Gasteiger partial charge is 0.497 e. The first-order chi connectivity index (χ1) is 9.71. The summed E-state index contributed by atoms with van der Waals surface area (Å²) in [6.45, 7) is 0. The standard InChI is InChI=1S/C15H15N3O2/c1-19-12-6-11(7-13(8-12)20-2)18-9-17-14-5-10(16)3-4-15(14)18/h3-9H,16H2,1-2H3. The lowest BCUT2D eigenvalue weighted by Gasteiger charge is -2.10. The van der Waals surface area contributed by atoms with E-state index in [0.717, 1.165) is 28.2 Å². The normalized spacial score (nSPS) is 10.7. The lowest BCUT2D eigenvalue weighted by Crippen LogP contribution is -1.95. The minimum atomic E-state index is 0.700. The number of nitrogens with zero attached hydrogens (tertiary/aromatic N) is 2. The van der Waals surface area contributed by atoms with E-state index in [1.54, 1.807) is 20.5 Å². The van der Waals surface area contributed by atoms with E-state index in [1.165, 1.54) is 0 Å². The average Bonchev–Trinajstić information content (AvgIpc) is 2.89. The molecule has 0 aliphatic rings. The third kappa shape index (κ3) is 2.03. The summed E-state index contributed by atoms with van der Waals surface area (Å²) in [5, 5.41) is 0. The van der Waals surface area contributed by atoms with E-state index in [0.29, 0.717) is 5.69 Å². The molecule has 2 N–H and O–H groups in total. The molecule has 0 spiro atoms. The molecule has 0 unspecified atom stereocenters. The zero-order valence-electron chi connectivity index (χ0n) is 11.3. The van der Waals surface area contributed by atoms with Gasteiger partial charge < -0.3 is 15.2 Å². The molecular formula is C15H15N3O2. The molecular weight excluding hydrogens is 254 g/mol. The van der Waals surface area contributed by atoms with Crippen molar-refractivity contribution in [2.75, 3.05) is 20.0 Å². The lowest BCUT2D eigenvalue weighted by molar-refractivity contribution is 0.394. The first-order valence-corrected chi connectivity index (χ1v) is 6.17. The number of ether oxygens (including phenoxy) is 2. The molecule has 0 aliphatic carbocycles. The van der Waals surface area contributed by atoms with Crippen molar-refractivity contribution in [3.8, 4) is 17.2 Å². The van der Waals surface area contributed by atoms with Gasteiger partial charge >= 0.3 is 0 Å². The number of fused-ring (bicyclic) bond motifs is 1. The van der Waals surface area contributed by atoms with Crippen molar-refractivity contribution in [1.29, 1.82) is 0 Å². The number of methoxy groups -OCH3 is 2. The molecule has 5 heteroatoms. The van der Waals surface area contributed by atoms with Crippen LogP contribution in [0.15, 0.2) is 42.7 Å². The summed E-state index contributed by atoms with van der Waals surface area (Å²) in [6, 6.07) is 11.4. The van der Waals surface area contributed by atoms with Crippen LogP contribution in [-0.2, 0) is 0 Å². The Labute approximate surface area is 116 Å². The molecule has 0 saturated heterocycles. The molecule has 1 heterocycles. The fourth-order valence-corrected chi connectivity index (χ4v) is 2.17. The first-order valence-electron chi connectivity index (χ1n) is 6.17. The van der Waals surface area contributed by atoms with E-state index >= 15 is 0 Å². The highest BCUT2D eigenvalue weighted by Crippen LogP contribution is 2.27. The molecule has 0 radical (unpaired) electrons. The second-order valence-electron chi connectivity index (χ2n) is 4.43. The van der Waals surface area contributed by atoms with E-state index in [4.69, 9.17) is 15.2 Å². The molecule has 2 aromatic carbocycles. The van der Waals surface area contributed by atoms with Crippen LogP contribution in [0.4, 0.5) is 5.69 Å². The summed E-state index contributed by atoms with van der Waals surface area (Å²) in [7, 11) is 3.26. The number of rotatable bonds is 3. The van der Waals surface area contributed by atoms with Crippen LogP contribution in [0.25, 0.3) is 16.7 Å². The Morgan fingerprint density at radius 3 is 2.35 bits per heavy atom. The van der Waals surface area contributed by atoms with Crippen molar-refractivity contribution in [2.45, 2.75) is 0 Å². The number of anilines is 1. The van der Waals surface area contributed by atoms with E-state index in [2.05, 4.69) is 4.98 Å². The van der Waals surface area contributed by atoms with Gasteiger partial charge in [-0.3, -0.25) is 4.57 Å². The Balaban J connectivity index is 2.19. The minimum absolute atomic E-state index is 0.700. The van der Waals surface area contributed by atoms with Crippen LogP contribution in [0.3, 0.4) is 0 Å². The summed E-state index contributed by atoms with van der Waals surface area (Å²) in [4.78, 5) is 4.37. The maximum atomic E-state index is 5.77. The zero-order valence-corrected chi connectivity index (χ0v) is 11.3.